The van der Waals surface area contributed by atoms with Gasteiger partial charge in [0, 0.05) is 16.9 Å². The SMILES string of the molecule is Cc1ccc(NS(=O)(=O)c2cc(C(=O)Nc3c(C)cccc3C(C)C)ccc2Cl)cc1. The van der Waals surface area contributed by atoms with E-state index in [1.807, 2.05) is 45.9 Å². The number of carbonyl (C=O) groups excluding carboxylic acids is 1. The zero-order chi connectivity index (χ0) is 22.8. The second kappa shape index (κ2) is 9.12. The molecule has 0 heterocycles. The van der Waals surface area contributed by atoms with Crippen LogP contribution in [0.5, 0.6) is 0 Å². The highest BCUT2D eigenvalue weighted by atomic mass is 35.5. The van der Waals surface area contributed by atoms with Gasteiger partial charge in [-0.05, 0) is 61.2 Å². The van der Waals surface area contributed by atoms with Crippen molar-refractivity contribution in [1.29, 1.82) is 0 Å². The van der Waals surface area contributed by atoms with E-state index in [1.54, 1.807) is 24.3 Å². The molecular formula is C24H25ClN2O3S. The number of benzene rings is 3. The quantitative estimate of drug-likeness (QED) is 0.468. The van der Waals surface area contributed by atoms with Gasteiger partial charge in [-0.1, -0.05) is 61.3 Å². The lowest BCUT2D eigenvalue weighted by molar-refractivity contribution is 0.102. The topological polar surface area (TPSA) is 75.3 Å². The predicted octanol–water partition coefficient (Wildman–Crippen LogP) is 6.13. The number of carbonyl (C=O) groups is 1. The molecule has 3 aromatic carbocycles. The van der Waals surface area contributed by atoms with Gasteiger partial charge in [0.25, 0.3) is 15.9 Å². The Labute approximate surface area is 188 Å². The molecule has 0 aromatic heterocycles. The van der Waals surface area contributed by atoms with Crippen LogP contribution in [0.15, 0.2) is 65.6 Å². The minimum atomic E-state index is -3.98. The molecule has 0 aliphatic carbocycles. The monoisotopic (exact) mass is 456 g/mol. The van der Waals surface area contributed by atoms with Gasteiger partial charge < -0.3 is 5.32 Å². The van der Waals surface area contributed by atoms with Crippen molar-refractivity contribution in [2.45, 2.75) is 38.5 Å². The maximum atomic E-state index is 13.0. The Kier molecular flexibility index (Phi) is 6.72. The van der Waals surface area contributed by atoms with Crippen LogP contribution >= 0.6 is 11.6 Å². The fourth-order valence-corrected chi connectivity index (χ4v) is 4.80. The lowest BCUT2D eigenvalue weighted by Gasteiger charge is -2.17. The molecule has 0 aliphatic heterocycles. The number of hydrogen-bond donors (Lipinski definition) is 2. The van der Waals surface area contributed by atoms with Crippen molar-refractivity contribution in [2.24, 2.45) is 0 Å². The first-order chi connectivity index (χ1) is 14.6. The largest absolute Gasteiger partial charge is 0.321 e. The number of amides is 1. The van der Waals surface area contributed by atoms with Crippen LogP contribution in [0.1, 0.15) is 46.8 Å². The Hall–Kier alpha value is -2.83. The van der Waals surface area contributed by atoms with Crippen molar-refractivity contribution in [1.82, 2.24) is 0 Å². The van der Waals surface area contributed by atoms with Gasteiger partial charge in [-0.25, -0.2) is 8.42 Å². The molecule has 0 saturated heterocycles. The summed E-state index contributed by atoms with van der Waals surface area (Å²) in [6, 6.07) is 17.0. The van der Waals surface area contributed by atoms with E-state index < -0.39 is 15.9 Å². The highest BCUT2D eigenvalue weighted by molar-refractivity contribution is 7.92. The zero-order valence-corrected chi connectivity index (χ0v) is 19.4. The van der Waals surface area contributed by atoms with Crippen molar-refractivity contribution in [3.8, 4) is 0 Å². The number of halogens is 1. The van der Waals surface area contributed by atoms with Gasteiger partial charge in [0.2, 0.25) is 0 Å². The Bertz CT molecular complexity index is 1220. The lowest BCUT2D eigenvalue weighted by Crippen LogP contribution is -2.17. The standard InChI is InChI=1S/C24H25ClN2O3S/c1-15(2)20-7-5-6-17(4)23(20)26-24(28)18-10-13-21(25)22(14-18)31(29,30)27-19-11-8-16(3)9-12-19/h5-15,27H,1-4H3,(H,26,28). The van der Waals surface area contributed by atoms with E-state index in [2.05, 4.69) is 10.0 Å². The average molecular weight is 457 g/mol. The molecule has 0 atom stereocenters. The van der Waals surface area contributed by atoms with Crippen molar-refractivity contribution in [2.75, 3.05) is 10.0 Å². The van der Waals surface area contributed by atoms with Crippen LogP contribution in [-0.4, -0.2) is 14.3 Å². The molecule has 31 heavy (non-hydrogen) atoms. The van der Waals surface area contributed by atoms with Gasteiger partial charge in [-0.2, -0.15) is 0 Å². The van der Waals surface area contributed by atoms with E-state index >= 15 is 0 Å². The summed E-state index contributed by atoms with van der Waals surface area (Å²) in [6.07, 6.45) is 0. The lowest BCUT2D eigenvalue weighted by atomic mass is 9.98. The van der Waals surface area contributed by atoms with E-state index in [0.717, 1.165) is 22.4 Å². The minimum Gasteiger partial charge on any atom is -0.321 e. The number of anilines is 2. The van der Waals surface area contributed by atoms with Gasteiger partial charge >= 0.3 is 0 Å². The molecule has 3 aromatic rings. The Morgan fingerprint density at radius 3 is 2.29 bits per heavy atom. The van der Waals surface area contributed by atoms with E-state index in [0.29, 0.717) is 5.69 Å². The molecule has 0 aliphatic rings. The third-order valence-electron chi connectivity index (χ3n) is 4.95. The summed E-state index contributed by atoms with van der Waals surface area (Å²) in [6.45, 7) is 7.93. The molecule has 0 spiro atoms. The first kappa shape index (κ1) is 22.8. The van der Waals surface area contributed by atoms with Crippen molar-refractivity contribution in [3.63, 3.8) is 0 Å². The fraction of sp³-hybridized carbons (Fsp3) is 0.208. The van der Waals surface area contributed by atoms with Gasteiger partial charge in [0.15, 0.2) is 0 Å². The summed E-state index contributed by atoms with van der Waals surface area (Å²) in [5.41, 5.74) is 4.31. The molecule has 162 valence electrons. The summed E-state index contributed by atoms with van der Waals surface area (Å²) < 4.78 is 28.3. The second-order valence-electron chi connectivity index (χ2n) is 7.76. The van der Waals surface area contributed by atoms with Crippen molar-refractivity contribution >= 4 is 38.9 Å². The molecule has 0 saturated carbocycles. The van der Waals surface area contributed by atoms with Gasteiger partial charge in [-0.15, -0.1) is 0 Å². The van der Waals surface area contributed by atoms with Crippen LogP contribution in [0, 0.1) is 13.8 Å². The minimum absolute atomic E-state index is 0.0370. The molecule has 0 unspecified atom stereocenters. The summed E-state index contributed by atoms with van der Waals surface area (Å²) in [5, 5.41) is 2.97. The highest BCUT2D eigenvalue weighted by Gasteiger charge is 2.21. The maximum Gasteiger partial charge on any atom is 0.263 e. The first-order valence-electron chi connectivity index (χ1n) is 9.88. The number of aryl methyl sites for hydroxylation is 2. The van der Waals surface area contributed by atoms with Crippen LogP contribution in [0.2, 0.25) is 5.02 Å². The smallest absolute Gasteiger partial charge is 0.263 e. The van der Waals surface area contributed by atoms with E-state index in [1.165, 1.54) is 18.2 Å². The first-order valence-corrected chi connectivity index (χ1v) is 11.7. The number of nitrogens with one attached hydrogen (secondary N) is 2. The van der Waals surface area contributed by atoms with Gasteiger partial charge in [0.1, 0.15) is 4.90 Å². The van der Waals surface area contributed by atoms with E-state index in [-0.39, 0.29) is 21.4 Å². The van der Waals surface area contributed by atoms with Crippen LogP contribution in [0.4, 0.5) is 11.4 Å². The predicted molar refractivity (Wildman–Crippen MR) is 127 cm³/mol. The molecule has 0 radical (unpaired) electrons. The third kappa shape index (κ3) is 5.27. The highest BCUT2D eigenvalue weighted by Crippen LogP contribution is 2.29. The molecule has 3 rings (SSSR count). The maximum absolute atomic E-state index is 13.0. The molecule has 5 nitrogen and oxygen atoms in total. The molecular weight excluding hydrogens is 432 g/mol. The van der Waals surface area contributed by atoms with Crippen molar-refractivity contribution < 1.29 is 13.2 Å². The summed E-state index contributed by atoms with van der Waals surface area (Å²) >= 11 is 6.18. The molecule has 0 fully saturated rings. The molecule has 0 bridgehead atoms. The summed E-state index contributed by atoms with van der Waals surface area (Å²) in [7, 11) is -3.98. The average Bonchev–Trinajstić information content (AvgIpc) is 2.71. The van der Waals surface area contributed by atoms with Gasteiger partial charge in [-0.3, -0.25) is 9.52 Å². The number of rotatable bonds is 6. The summed E-state index contributed by atoms with van der Waals surface area (Å²) in [5.74, 6) is -0.185. The fourth-order valence-electron chi connectivity index (χ4n) is 3.21. The Balaban J connectivity index is 1.92. The van der Waals surface area contributed by atoms with Crippen LogP contribution in [-0.2, 0) is 10.0 Å². The molecule has 1 amide bonds. The number of para-hydroxylation sites is 1. The van der Waals surface area contributed by atoms with Gasteiger partial charge in [0.05, 0.1) is 5.02 Å². The Morgan fingerprint density at radius 1 is 0.968 bits per heavy atom. The normalized spacial score (nSPS) is 11.4. The van der Waals surface area contributed by atoms with Crippen molar-refractivity contribution in [3.05, 3.63) is 87.9 Å². The van der Waals surface area contributed by atoms with Crippen LogP contribution in [0.25, 0.3) is 0 Å². The van der Waals surface area contributed by atoms with Crippen LogP contribution in [0.3, 0.4) is 0 Å². The van der Waals surface area contributed by atoms with Crippen LogP contribution < -0.4 is 10.0 Å². The molecule has 7 heteroatoms. The second-order valence-corrected chi connectivity index (χ2v) is 9.82. The number of hydrogen-bond acceptors (Lipinski definition) is 3. The number of sulfonamides is 1. The zero-order valence-electron chi connectivity index (χ0n) is 17.9. The third-order valence-corrected chi connectivity index (χ3v) is 6.82. The molecule has 2 N–H and O–H groups in total. The Morgan fingerprint density at radius 2 is 1.65 bits per heavy atom. The summed E-state index contributed by atoms with van der Waals surface area (Å²) in [4.78, 5) is 12.8. The van der Waals surface area contributed by atoms with E-state index in [9.17, 15) is 13.2 Å². The van der Waals surface area contributed by atoms with E-state index in [4.69, 9.17) is 11.6 Å².